The fourth-order valence-corrected chi connectivity index (χ4v) is 2.25. The molecule has 0 heterocycles. The number of hydrogen-bond acceptors (Lipinski definition) is 2. The van der Waals surface area contributed by atoms with Gasteiger partial charge < -0.3 is 10.4 Å². The van der Waals surface area contributed by atoms with Crippen LogP contribution in [0.3, 0.4) is 0 Å². The molecule has 0 amide bonds. The summed E-state index contributed by atoms with van der Waals surface area (Å²) in [6.45, 7) is 3.05. The third-order valence-corrected chi connectivity index (χ3v) is 3.59. The lowest BCUT2D eigenvalue weighted by atomic mass is 10.1. The monoisotopic (exact) mass is 197 g/mol. The molecule has 14 heavy (non-hydrogen) atoms. The molecule has 2 N–H and O–H groups in total. The minimum absolute atomic E-state index is 0.0958. The van der Waals surface area contributed by atoms with Gasteiger partial charge in [0.1, 0.15) is 0 Å². The highest BCUT2D eigenvalue weighted by molar-refractivity contribution is 4.96. The molecule has 0 aliphatic heterocycles. The molecule has 0 bridgehead atoms. The number of rotatable bonds is 7. The van der Waals surface area contributed by atoms with Crippen LogP contribution in [-0.2, 0) is 0 Å². The van der Waals surface area contributed by atoms with E-state index < -0.39 is 0 Å². The highest BCUT2D eigenvalue weighted by Gasteiger charge is 2.40. The molecule has 2 aliphatic rings. The Morgan fingerprint density at radius 3 is 2.21 bits per heavy atom. The van der Waals surface area contributed by atoms with E-state index in [4.69, 9.17) is 0 Å². The second-order valence-corrected chi connectivity index (χ2v) is 5.01. The van der Waals surface area contributed by atoms with E-state index in [1.54, 1.807) is 0 Å². The van der Waals surface area contributed by atoms with Gasteiger partial charge in [0.15, 0.2) is 0 Å². The molecule has 2 nitrogen and oxygen atoms in total. The van der Waals surface area contributed by atoms with E-state index in [0.29, 0.717) is 0 Å². The van der Waals surface area contributed by atoms with Crippen molar-refractivity contribution in [2.45, 2.75) is 57.6 Å². The molecule has 2 aliphatic carbocycles. The molecule has 82 valence electrons. The van der Waals surface area contributed by atoms with Crippen LogP contribution in [-0.4, -0.2) is 23.8 Å². The molecule has 2 fully saturated rings. The normalized spacial score (nSPS) is 24.2. The summed E-state index contributed by atoms with van der Waals surface area (Å²) in [6.07, 6.45) is 7.46. The van der Waals surface area contributed by atoms with Crippen LogP contribution in [0, 0.1) is 11.8 Å². The van der Waals surface area contributed by atoms with Gasteiger partial charge in [0.2, 0.25) is 0 Å². The average molecular weight is 197 g/mol. The minimum Gasteiger partial charge on any atom is -0.393 e. The van der Waals surface area contributed by atoms with Crippen molar-refractivity contribution >= 4 is 0 Å². The third-order valence-electron chi connectivity index (χ3n) is 3.59. The summed E-state index contributed by atoms with van der Waals surface area (Å²) in [6, 6.07) is 0.791. The highest BCUT2D eigenvalue weighted by atomic mass is 16.3. The Bertz CT molecular complexity index is 163. The summed E-state index contributed by atoms with van der Waals surface area (Å²) < 4.78 is 0. The quantitative estimate of drug-likeness (QED) is 0.653. The molecule has 0 spiro atoms. The smallest absolute Gasteiger partial charge is 0.0549 e. The molecule has 2 rings (SSSR count). The summed E-state index contributed by atoms with van der Waals surface area (Å²) in [7, 11) is 0. The van der Waals surface area contributed by atoms with Crippen LogP contribution >= 0.6 is 0 Å². The van der Waals surface area contributed by atoms with Gasteiger partial charge in [-0.15, -0.1) is 0 Å². The van der Waals surface area contributed by atoms with Crippen LogP contribution < -0.4 is 5.32 Å². The topological polar surface area (TPSA) is 32.3 Å². The first-order valence-corrected chi connectivity index (χ1v) is 6.22. The maximum atomic E-state index is 9.44. The first-order chi connectivity index (χ1) is 6.81. The van der Waals surface area contributed by atoms with E-state index in [2.05, 4.69) is 5.32 Å². The summed E-state index contributed by atoms with van der Waals surface area (Å²) in [5.41, 5.74) is 0. The third kappa shape index (κ3) is 2.96. The van der Waals surface area contributed by atoms with Gasteiger partial charge in [-0.1, -0.05) is 6.92 Å². The summed E-state index contributed by atoms with van der Waals surface area (Å²) in [4.78, 5) is 0. The molecule has 1 atom stereocenters. The molecule has 0 aromatic carbocycles. The van der Waals surface area contributed by atoms with Gasteiger partial charge in [0.05, 0.1) is 6.10 Å². The van der Waals surface area contributed by atoms with Gasteiger partial charge in [-0.3, -0.25) is 0 Å². The first kappa shape index (κ1) is 10.4. The van der Waals surface area contributed by atoms with Crippen LogP contribution in [0.15, 0.2) is 0 Å². The van der Waals surface area contributed by atoms with Crippen molar-refractivity contribution in [3.05, 3.63) is 0 Å². The van der Waals surface area contributed by atoms with Gasteiger partial charge in [-0.05, 0) is 56.9 Å². The zero-order valence-corrected chi connectivity index (χ0v) is 9.21. The van der Waals surface area contributed by atoms with E-state index in [9.17, 15) is 5.11 Å². The fraction of sp³-hybridized carbons (Fsp3) is 1.00. The zero-order valence-electron chi connectivity index (χ0n) is 9.21. The molecule has 1 unspecified atom stereocenters. The van der Waals surface area contributed by atoms with E-state index in [0.717, 1.165) is 37.3 Å². The number of hydrogen-bond donors (Lipinski definition) is 2. The van der Waals surface area contributed by atoms with Crippen molar-refractivity contribution in [2.24, 2.45) is 11.8 Å². The van der Waals surface area contributed by atoms with Crippen LogP contribution in [0.5, 0.6) is 0 Å². The molecule has 2 saturated carbocycles. The van der Waals surface area contributed by atoms with Gasteiger partial charge in [0.25, 0.3) is 0 Å². The van der Waals surface area contributed by atoms with E-state index >= 15 is 0 Å². The Kier molecular flexibility index (Phi) is 3.45. The average Bonchev–Trinajstić information content (AvgIpc) is 3.03. The van der Waals surface area contributed by atoms with Crippen molar-refractivity contribution in [1.82, 2.24) is 5.32 Å². The Balaban J connectivity index is 1.62. The van der Waals surface area contributed by atoms with Crippen LogP contribution in [0.25, 0.3) is 0 Å². The SMILES string of the molecule is CCC(O)CCNC(C1CC1)C1CC1. The van der Waals surface area contributed by atoms with Crippen molar-refractivity contribution < 1.29 is 5.11 Å². The summed E-state index contributed by atoms with van der Waals surface area (Å²) in [5, 5.41) is 13.1. The van der Waals surface area contributed by atoms with Gasteiger partial charge in [-0.25, -0.2) is 0 Å². The van der Waals surface area contributed by atoms with Crippen molar-refractivity contribution in [2.75, 3.05) is 6.54 Å². The summed E-state index contributed by atoms with van der Waals surface area (Å²) in [5.74, 6) is 1.95. The van der Waals surface area contributed by atoms with E-state index in [1.807, 2.05) is 6.92 Å². The highest BCUT2D eigenvalue weighted by Crippen LogP contribution is 2.44. The van der Waals surface area contributed by atoms with Gasteiger partial charge in [-0.2, -0.15) is 0 Å². The lowest BCUT2D eigenvalue weighted by Gasteiger charge is -2.18. The summed E-state index contributed by atoms with van der Waals surface area (Å²) >= 11 is 0. The van der Waals surface area contributed by atoms with Gasteiger partial charge in [0, 0.05) is 6.04 Å². The van der Waals surface area contributed by atoms with Crippen molar-refractivity contribution in [3.8, 4) is 0 Å². The molecule has 0 saturated heterocycles. The lowest BCUT2D eigenvalue weighted by Crippen LogP contribution is -2.35. The standard InChI is InChI=1S/C12H23NO/c1-2-11(14)7-8-13-12(9-3-4-9)10-5-6-10/h9-14H,2-8H2,1H3. The fourth-order valence-electron chi connectivity index (χ4n) is 2.25. The van der Waals surface area contributed by atoms with Gasteiger partial charge >= 0.3 is 0 Å². The van der Waals surface area contributed by atoms with E-state index in [1.165, 1.54) is 25.7 Å². The largest absolute Gasteiger partial charge is 0.393 e. The Morgan fingerprint density at radius 2 is 1.79 bits per heavy atom. The number of nitrogens with one attached hydrogen (secondary N) is 1. The first-order valence-electron chi connectivity index (χ1n) is 6.22. The number of aliphatic hydroxyl groups is 1. The lowest BCUT2D eigenvalue weighted by molar-refractivity contribution is 0.157. The van der Waals surface area contributed by atoms with E-state index in [-0.39, 0.29) is 6.10 Å². The van der Waals surface area contributed by atoms with Crippen LogP contribution in [0.4, 0.5) is 0 Å². The Hall–Kier alpha value is -0.0800. The predicted octanol–water partition coefficient (Wildman–Crippen LogP) is 1.93. The van der Waals surface area contributed by atoms with Crippen LogP contribution in [0.1, 0.15) is 45.4 Å². The Labute approximate surface area is 87.1 Å². The maximum absolute atomic E-state index is 9.44. The second kappa shape index (κ2) is 4.63. The molecular formula is C12H23NO. The molecular weight excluding hydrogens is 174 g/mol. The predicted molar refractivity (Wildman–Crippen MR) is 58.2 cm³/mol. The molecule has 0 radical (unpaired) electrons. The van der Waals surface area contributed by atoms with Crippen LogP contribution in [0.2, 0.25) is 0 Å². The minimum atomic E-state index is -0.0958. The second-order valence-electron chi connectivity index (χ2n) is 5.01. The molecule has 2 heteroatoms. The molecule has 0 aromatic rings. The maximum Gasteiger partial charge on any atom is 0.0549 e. The number of aliphatic hydroxyl groups excluding tert-OH is 1. The molecule has 0 aromatic heterocycles. The zero-order chi connectivity index (χ0) is 9.97. The Morgan fingerprint density at radius 1 is 1.21 bits per heavy atom. The van der Waals surface area contributed by atoms with Crippen molar-refractivity contribution in [1.29, 1.82) is 0 Å². The van der Waals surface area contributed by atoms with Crippen molar-refractivity contribution in [3.63, 3.8) is 0 Å².